The van der Waals surface area contributed by atoms with Crippen molar-refractivity contribution in [3.8, 4) is 0 Å². The van der Waals surface area contributed by atoms with E-state index in [1.807, 2.05) is 0 Å². The Morgan fingerprint density at radius 1 is 1.50 bits per heavy atom. The molecule has 0 amide bonds. The maximum Gasteiger partial charge on any atom is 0.185 e. The summed E-state index contributed by atoms with van der Waals surface area (Å²) in [5.41, 5.74) is 15.8. The van der Waals surface area contributed by atoms with Crippen LogP contribution >= 0.6 is 0 Å². The maximum atomic E-state index is 10.0. The molecule has 5 heteroatoms. The van der Waals surface area contributed by atoms with Crippen molar-refractivity contribution in [2.24, 2.45) is 22.2 Å². The zero-order valence-electron chi connectivity index (χ0n) is 7.07. The Balaban J connectivity index is 3.30. The van der Waals surface area contributed by atoms with Gasteiger partial charge in [-0.3, -0.25) is 4.99 Å². The van der Waals surface area contributed by atoms with E-state index in [2.05, 4.69) is 4.99 Å². The number of hydrogen-bond donors (Lipinski definition) is 3. The molecule has 0 rings (SSSR count). The lowest BCUT2D eigenvalue weighted by atomic mass is 10.1. The molecule has 0 aliphatic heterocycles. The number of carbonyl (C=O) groups is 1. The van der Waals surface area contributed by atoms with Crippen LogP contribution in [0.4, 0.5) is 0 Å². The van der Waals surface area contributed by atoms with E-state index in [4.69, 9.17) is 17.2 Å². The summed E-state index contributed by atoms with van der Waals surface area (Å²) in [5.74, 6) is 0.0963. The van der Waals surface area contributed by atoms with Crippen LogP contribution in [0.25, 0.3) is 0 Å². The number of nitrogens with two attached hydrogens (primary N) is 3. The van der Waals surface area contributed by atoms with Gasteiger partial charge in [0.15, 0.2) is 5.96 Å². The highest BCUT2D eigenvalue weighted by Gasteiger charge is 1.99. The predicted molar refractivity (Wildman–Crippen MR) is 48.6 cm³/mol. The van der Waals surface area contributed by atoms with Gasteiger partial charge >= 0.3 is 0 Å². The maximum absolute atomic E-state index is 10.0. The summed E-state index contributed by atoms with van der Waals surface area (Å²) in [6.07, 6.45) is 2.81. The summed E-state index contributed by atoms with van der Waals surface area (Å²) in [4.78, 5) is 13.8. The number of aliphatic imine (C=N–C) groups is 1. The molecule has 0 radical (unpaired) electrons. The first-order valence-electron chi connectivity index (χ1n) is 3.91. The van der Waals surface area contributed by atoms with Gasteiger partial charge in [-0.05, 0) is 12.8 Å². The molecular formula is C7H16N4O. The van der Waals surface area contributed by atoms with E-state index in [9.17, 15) is 4.79 Å². The Kier molecular flexibility index (Phi) is 6.00. The Morgan fingerprint density at radius 3 is 2.67 bits per heavy atom. The SMILES string of the molecule is NC(N)=NCCC[C@H](N)CC=O. The smallest absolute Gasteiger partial charge is 0.185 e. The average Bonchev–Trinajstić information content (AvgIpc) is 1.98. The van der Waals surface area contributed by atoms with Crippen LogP contribution in [0.15, 0.2) is 4.99 Å². The van der Waals surface area contributed by atoms with Crippen LogP contribution < -0.4 is 17.2 Å². The molecule has 0 spiro atoms. The van der Waals surface area contributed by atoms with Crippen LogP contribution in [0.3, 0.4) is 0 Å². The van der Waals surface area contributed by atoms with Crippen molar-refractivity contribution in [1.29, 1.82) is 0 Å². The molecule has 0 saturated carbocycles. The third kappa shape index (κ3) is 7.01. The van der Waals surface area contributed by atoms with Gasteiger partial charge in [0.2, 0.25) is 0 Å². The molecule has 0 aliphatic rings. The highest BCUT2D eigenvalue weighted by atomic mass is 16.1. The molecule has 0 aliphatic carbocycles. The van der Waals surface area contributed by atoms with E-state index in [1.165, 1.54) is 0 Å². The molecule has 1 atom stereocenters. The Hall–Kier alpha value is -1.10. The lowest BCUT2D eigenvalue weighted by Crippen LogP contribution is -2.24. The fourth-order valence-corrected chi connectivity index (χ4v) is 0.803. The van der Waals surface area contributed by atoms with Crippen molar-refractivity contribution < 1.29 is 4.79 Å². The fraction of sp³-hybridized carbons (Fsp3) is 0.714. The van der Waals surface area contributed by atoms with E-state index >= 15 is 0 Å². The molecule has 0 aromatic rings. The molecular weight excluding hydrogens is 156 g/mol. The largest absolute Gasteiger partial charge is 0.370 e. The van der Waals surface area contributed by atoms with Gasteiger partial charge in [0.25, 0.3) is 0 Å². The van der Waals surface area contributed by atoms with E-state index in [1.54, 1.807) is 0 Å². The minimum absolute atomic E-state index is 0.0586. The predicted octanol–water partition coefficient (Wildman–Crippen LogP) is -1.04. The summed E-state index contributed by atoms with van der Waals surface area (Å²) < 4.78 is 0. The molecule has 5 nitrogen and oxygen atoms in total. The van der Waals surface area contributed by atoms with Gasteiger partial charge in [-0.2, -0.15) is 0 Å². The summed E-state index contributed by atoms with van der Waals surface area (Å²) >= 11 is 0. The number of rotatable bonds is 6. The molecule has 6 N–H and O–H groups in total. The third-order valence-corrected chi connectivity index (χ3v) is 1.43. The normalized spacial score (nSPS) is 12.1. The highest BCUT2D eigenvalue weighted by Crippen LogP contribution is 1.96. The molecule has 0 unspecified atom stereocenters. The molecule has 0 saturated heterocycles. The van der Waals surface area contributed by atoms with Gasteiger partial charge in [0.05, 0.1) is 0 Å². The van der Waals surface area contributed by atoms with Gasteiger partial charge < -0.3 is 22.0 Å². The van der Waals surface area contributed by atoms with Gasteiger partial charge in [0.1, 0.15) is 6.29 Å². The molecule has 0 bridgehead atoms. The van der Waals surface area contributed by atoms with E-state index in [0.717, 1.165) is 19.1 Å². The van der Waals surface area contributed by atoms with Gasteiger partial charge in [-0.15, -0.1) is 0 Å². The van der Waals surface area contributed by atoms with Gasteiger partial charge in [0, 0.05) is 19.0 Å². The van der Waals surface area contributed by atoms with Crippen LogP contribution in [-0.4, -0.2) is 24.8 Å². The zero-order valence-corrected chi connectivity index (χ0v) is 7.07. The van der Waals surface area contributed by atoms with Crippen LogP contribution in [-0.2, 0) is 4.79 Å². The Labute approximate surface area is 72.0 Å². The van der Waals surface area contributed by atoms with E-state index in [-0.39, 0.29) is 12.0 Å². The second kappa shape index (κ2) is 6.60. The number of guanidine groups is 1. The summed E-state index contributed by atoms with van der Waals surface area (Å²) in [7, 11) is 0. The van der Waals surface area contributed by atoms with Crippen molar-refractivity contribution in [2.75, 3.05) is 6.54 Å². The molecule has 12 heavy (non-hydrogen) atoms. The Morgan fingerprint density at radius 2 is 2.17 bits per heavy atom. The van der Waals surface area contributed by atoms with Crippen LogP contribution in [0.1, 0.15) is 19.3 Å². The second-order valence-corrected chi connectivity index (χ2v) is 2.61. The van der Waals surface area contributed by atoms with Crippen molar-refractivity contribution in [3.05, 3.63) is 0 Å². The second-order valence-electron chi connectivity index (χ2n) is 2.61. The van der Waals surface area contributed by atoms with E-state index in [0.29, 0.717) is 13.0 Å². The third-order valence-electron chi connectivity index (χ3n) is 1.43. The summed E-state index contributed by atoms with van der Waals surface area (Å²) in [5, 5.41) is 0. The quantitative estimate of drug-likeness (QED) is 0.206. The lowest BCUT2D eigenvalue weighted by molar-refractivity contribution is -0.108. The van der Waals surface area contributed by atoms with Crippen molar-refractivity contribution in [1.82, 2.24) is 0 Å². The van der Waals surface area contributed by atoms with Crippen LogP contribution in [0.5, 0.6) is 0 Å². The average molecular weight is 172 g/mol. The minimum Gasteiger partial charge on any atom is -0.370 e. The molecule has 0 aromatic heterocycles. The van der Waals surface area contributed by atoms with E-state index < -0.39 is 0 Å². The lowest BCUT2D eigenvalue weighted by Gasteiger charge is -2.04. The molecule has 0 aromatic carbocycles. The zero-order chi connectivity index (χ0) is 9.40. The van der Waals surface area contributed by atoms with Gasteiger partial charge in [-0.1, -0.05) is 0 Å². The highest BCUT2D eigenvalue weighted by molar-refractivity contribution is 5.75. The summed E-state index contributed by atoms with van der Waals surface area (Å²) in [6.45, 7) is 0.578. The first-order valence-corrected chi connectivity index (χ1v) is 3.91. The minimum atomic E-state index is -0.0586. The number of aldehydes is 1. The van der Waals surface area contributed by atoms with Crippen LogP contribution in [0, 0.1) is 0 Å². The number of carbonyl (C=O) groups excluding carboxylic acids is 1. The monoisotopic (exact) mass is 172 g/mol. The van der Waals surface area contributed by atoms with Crippen molar-refractivity contribution >= 4 is 12.2 Å². The molecule has 0 fully saturated rings. The van der Waals surface area contributed by atoms with Crippen LogP contribution in [0.2, 0.25) is 0 Å². The molecule has 70 valence electrons. The van der Waals surface area contributed by atoms with Crippen molar-refractivity contribution in [3.63, 3.8) is 0 Å². The Bertz CT molecular complexity index is 153. The number of nitrogens with zero attached hydrogens (tertiary/aromatic N) is 1. The number of hydrogen-bond acceptors (Lipinski definition) is 3. The van der Waals surface area contributed by atoms with Crippen molar-refractivity contribution in [2.45, 2.75) is 25.3 Å². The van der Waals surface area contributed by atoms with Gasteiger partial charge in [-0.25, -0.2) is 0 Å². The fourth-order valence-electron chi connectivity index (χ4n) is 0.803. The first kappa shape index (κ1) is 10.9. The molecule has 0 heterocycles. The standard InChI is InChI=1S/C7H16N4O/c8-6(3-5-12)2-1-4-11-7(9)10/h5-6H,1-4,8H2,(H4,9,10,11)/t6-/m0/s1. The summed E-state index contributed by atoms with van der Waals surface area (Å²) in [6, 6.07) is -0.0586. The first-order chi connectivity index (χ1) is 5.66. The topological polar surface area (TPSA) is 107 Å².